The topological polar surface area (TPSA) is 83.7 Å². The molecule has 0 aromatic carbocycles. The lowest BCUT2D eigenvalue weighted by Crippen LogP contribution is -2.54. The van der Waals surface area contributed by atoms with Crippen LogP contribution in [0.4, 0.5) is 0 Å². The summed E-state index contributed by atoms with van der Waals surface area (Å²) in [6, 6.07) is 0.128. The van der Waals surface area contributed by atoms with Gasteiger partial charge in [-0.25, -0.2) is 12.7 Å². The number of likely N-dealkylation sites (tertiary alicyclic amines) is 1. The minimum Gasteiger partial charge on any atom is -0.338 e. The quantitative estimate of drug-likeness (QED) is 0.825. The van der Waals surface area contributed by atoms with Crippen LogP contribution in [0.3, 0.4) is 0 Å². The molecule has 2 fully saturated rings. The average Bonchev–Trinajstić information content (AvgIpc) is 2.54. The lowest BCUT2D eigenvalue weighted by atomic mass is 9.91. The number of carbonyl (C=O) groups excluding carboxylic acids is 1. The molecule has 2 unspecified atom stereocenters. The molecule has 128 valence electrons. The Morgan fingerprint density at radius 1 is 1.18 bits per heavy atom. The molecule has 2 N–H and O–H groups in total. The first kappa shape index (κ1) is 17.7. The van der Waals surface area contributed by atoms with Crippen LogP contribution in [0.25, 0.3) is 0 Å². The van der Waals surface area contributed by atoms with Gasteiger partial charge in [-0.15, -0.1) is 0 Å². The van der Waals surface area contributed by atoms with Gasteiger partial charge in [0.1, 0.15) is 0 Å². The Balaban J connectivity index is 1.97. The summed E-state index contributed by atoms with van der Waals surface area (Å²) < 4.78 is 25.3. The highest BCUT2D eigenvalue weighted by molar-refractivity contribution is 7.89. The van der Waals surface area contributed by atoms with Gasteiger partial charge in [0.25, 0.3) is 0 Å². The molecule has 0 radical (unpaired) electrons. The summed E-state index contributed by atoms with van der Waals surface area (Å²) in [4.78, 5) is 14.8. The fraction of sp³-hybridized carbons (Fsp3) is 0.933. The minimum atomic E-state index is -3.13. The van der Waals surface area contributed by atoms with Crippen molar-refractivity contribution in [1.29, 1.82) is 0 Å². The van der Waals surface area contributed by atoms with Gasteiger partial charge >= 0.3 is 0 Å². The van der Waals surface area contributed by atoms with Gasteiger partial charge in [0.15, 0.2) is 0 Å². The molecule has 0 spiro atoms. The highest BCUT2D eigenvalue weighted by atomic mass is 32.2. The maximum absolute atomic E-state index is 12.8. The molecule has 0 saturated carbocycles. The smallest absolute Gasteiger partial charge is 0.226 e. The minimum absolute atomic E-state index is 0.00944. The summed E-state index contributed by atoms with van der Waals surface area (Å²) in [5, 5.41) is 0. The van der Waals surface area contributed by atoms with Crippen LogP contribution in [0.2, 0.25) is 0 Å². The van der Waals surface area contributed by atoms with E-state index in [0.717, 1.165) is 25.8 Å². The van der Waals surface area contributed by atoms with Gasteiger partial charge in [-0.1, -0.05) is 0 Å². The van der Waals surface area contributed by atoms with Crippen molar-refractivity contribution in [3.63, 3.8) is 0 Å². The van der Waals surface area contributed by atoms with Crippen LogP contribution in [0.5, 0.6) is 0 Å². The normalized spacial score (nSPS) is 26.9. The standard InChI is InChI=1S/C15H29N3O3S/c1-3-22(20,21)17-10-7-13(8-11-17)15(19)18-9-5-4-6-14(18)12(2)16/h12-14H,3-11,16H2,1-2H3. The van der Waals surface area contributed by atoms with E-state index in [1.165, 1.54) is 4.31 Å². The monoisotopic (exact) mass is 331 g/mol. The summed E-state index contributed by atoms with van der Waals surface area (Å²) in [6.45, 7) is 5.34. The van der Waals surface area contributed by atoms with Gasteiger partial charge in [-0.3, -0.25) is 4.79 Å². The van der Waals surface area contributed by atoms with Gasteiger partial charge in [0.05, 0.1) is 5.75 Å². The Kier molecular flexibility index (Phi) is 5.85. The zero-order valence-corrected chi connectivity index (χ0v) is 14.5. The largest absolute Gasteiger partial charge is 0.338 e. The molecule has 2 rings (SSSR count). The van der Waals surface area contributed by atoms with E-state index < -0.39 is 10.0 Å². The third-order valence-electron chi connectivity index (χ3n) is 5.00. The fourth-order valence-electron chi connectivity index (χ4n) is 3.58. The van der Waals surface area contributed by atoms with Crippen molar-refractivity contribution in [2.45, 2.75) is 58.0 Å². The number of carbonyl (C=O) groups is 1. The van der Waals surface area contributed by atoms with Crippen molar-refractivity contribution < 1.29 is 13.2 Å². The number of sulfonamides is 1. The Hall–Kier alpha value is -0.660. The lowest BCUT2D eigenvalue weighted by molar-refractivity contribution is -0.141. The zero-order valence-electron chi connectivity index (χ0n) is 13.7. The van der Waals surface area contributed by atoms with E-state index in [4.69, 9.17) is 5.73 Å². The van der Waals surface area contributed by atoms with E-state index in [1.54, 1.807) is 6.92 Å². The van der Waals surface area contributed by atoms with E-state index in [9.17, 15) is 13.2 Å². The Morgan fingerprint density at radius 2 is 1.82 bits per heavy atom. The third kappa shape index (κ3) is 3.81. The number of nitrogens with two attached hydrogens (primary N) is 1. The van der Waals surface area contributed by atoms with E-state index in [2.05, 4.69) is 0 Å². The van der Waals surface area contributed by atoms with Crippen molar-refractivity contribution in [3.05, 3.63) is 0 Å². The predicted molar refractivity (Wildman–Crippen MR) is 86.8 cm³/mol. The van der Waals surface area contributed by atoms with Gasteiger partial charge < -0.3 is 10.6 Å². The molecule has 2 atom stereocenters. The molecule has 22 heavy (non-hydrogen) atoms. The number of piperidine rings is 2. The molecule has 0 bridgehead atoms. The lowest BCUT2D eigenvalue weighted by Gasteiger charge is -2.41. The molecule has 0 aromatic rings. The second kappa shape index (κ2) is 7.27. The van der Waals surface area contributed by atoms with Gasteiger partial charge in [-0.2, -0.15) is 0 Å². The summed E-state index contributed by atoms with van der Waals surface area (Å²) in [5.41, 5.74) is 6.04. The molecule has 2 saturated heterocycles. The molecule has 7 heteroatoms. The molecule has 2 aliphatic rings. The molecule has 0 aromatic heterocycles. The molecular formula is C15H29N3O3S. The van der Waals surface area contributed by atoms with Crippen LogP contribution in [0.15, 0.2) is 0 Å². The average molecular weight is 331 g/mol. The van der Waals surface area contributed by atoms with Crippen molar-refractivity contribution in [2.75, 3.05) is 25.4 Å². The van der Waals surface area contributed by atoms with Gasteiger partial charge in [0, 0.05) is 37.6 Å². The zero-order chi connectivity index (χ0) is 16.3. The second-order valence-corrected chi connectivity index (χ2v) is 8.79. The molecule has 2 aliphatic heterocycles. The number of rotatable bonds is 4. The predicted octanol–water partition coefficient (Wildman–Crippen LogP) is 0.776. The molecule has 2 heterocycles. The number of hydrogen-bond donors (Lipinski definition) is 1. The van der Waals surface area contributed by atoms with Crippen LogP contribution >= 0.6 is 0 Å². The first-order valence-corrected chi connectivity index (χ1v) is 10.0. The van der Waals surface area contributed by atoms with E-state index in [1.807, 2.05) is 11.8 Å². The Bertz CT molecular complexity index is 484. The van der Waals surface area contributed by atoms with Gasteiger partial charge in [-0.05, 0) is 46.0 Å². The van der Waals surface area contributed by atoms with E-state index in [-0.39, 0.29) is 29.7 Å². The summed E-state index contributed by atoms with van der Waals surface area (Å²) in [5.74, 6) is 0.253. The van der Waals surface area contributed by atoms with Crippen LogP contribution in [-0.2, 0) is 14.8 Å². The fourth-order valence-corrected chi connectivity index (χ4v) is 4.71. The molecule has 6 nitrogen and oxygen atoms in total. The Morgan fingerprint density at radius 3 is 2.36 bits per heavy atom. The maximum atomic E-state index is 12.8. The first-order valence-electron chi connectivity index (χ1n) is 8.40. The maximum Gasteiger partial charge on any atom is 0.226 e. The van der Waals surface area contributed by atoms with Crippen molar-refractivity contribution >= 4 is 15.9 Å². The highest BCUT2D eigenvalue weighted by Crippen LogP contribution is 2.26. The third-order valence-corrected chi connectivity index (χ3v) is 6.88. The molecule has 0 aliphatic carbocycles. The first-order chi connectivity index (χ1) is 10.4. The van der Waals surface area contributed by atoms with E-state index >= 15 is 0 Å². The Labute approximate surface area is 134 Å². The van der Waals surface area contributed by atoms with Crippen LogP contribution in [0.1, 0.15) is 46.0 Å². The van der Waals surface area contributed by atoms with Gasteiger partial charge in [0.2, 0.25) is 15.9 Å². The summed E-state index contributed by atoms with van der Waals surface area (Å²) >= 11 is 0. The van der Waals surface area contributed by atoms with Crippen molar-refractivity contribution in [1.82, 2.24) is 9.21 Å². The number of nitrogens with zero attached hydrogens (tertiary/aromatic N) is 2. The summed E-state index contributed by atoms with van der Waals surface area (Å²) in [6.07, 6.45) is 4.40. The van der Waals surface area contributed by atoms with E-state index in [0.29, 0.717) is 25.9 Å². The number of hydrogen-bond acceptors (Lipinski definition) is 4. The second-order valence-electron chi connectivity index (χ2n) is 6.53. The van der Waals surface area contributed by atoms with Crippen LogP contribution < -0.4 is 5.73 Å². The van der Waals surface area contributed by atoms with Crippen LogP contribution in [-0.4, -0.2) is 61.0 Å². The number of amides is 1. The molecule has 1 amide bonds. The summed E-state index contributed by atoms with van der Waals surface area (Å²) in [7, 11) is -3.13. The SMILES string of the molecule is CCS(=O)(=O)N1CCC(C(=O)N2CCCCC2C(C)N)CC1. The highest BCUT2D eigenvalue weighted by Gasteiger charge is 2.36. The van der Waals surface area contributed by atoms with Crippen molar-refractivity contribution in [2.24, 2.45) is 11.7 Å². The molecular weight excluding hydrogens is 302 g/mol. The van der Waals surface area contributed by atoms with Crippen molar-refractivity contribution in [3.8, 4) is 0 Å². The van der Waals surface area contributed by atoms with Crippen LogP contribution in [0, 0.1) is 5.92 Å².